The van der Waals surface area contributed by atoms with Crippen LogP contribution in [0.5, 0.6) is 5.75 Å². The number of ether oxygens (including phenoxy) is 1. The number of halogens is 2. The van der Waals surface area contributed by atoms with Crippen molar-refractivity contribution in [1.82, 2.24) is 30.4 Å². The van der Waals surface area contributed by atoms with Gasteiger partial charge in [-0.1, -0.05) is 11.6 Å². The zero-order chi connectivity index (χ0) is 40.2. The molecule has 1 aromatic heterocycles. The summed E-state index contributed by atoms with van der Waals surface area (Å²) < 4.78 is 21.5. The number of hydrogen-bond acceptors (Lipinski definition) is 12. The summed E-state index contributed by atoms with van der Waals surface area (Å²) in [5.74, 6) is -0.675. The maximum absolute atomic E-state index is 15.4. The first-order valence-electron chi connectivity index (χ1n) is 19.8. The number of hydrogen-bond donors (Lipinski definition) is 2. The highest BCUT2D eigenvalue weighted by atomic mass is 35.5. The third kappa shape index (κ3) is 7.21. The highest BCUT2D eigenvalue weighted by Gasteiger charge is 2.56. The summed E-state index contributed by atoms with van der Waals surface area (Å²) >= 11 is 6.14. The number of imide groups is 2. The molecule has 9 rings (SSSR count). The van der Waals surface area contributed by atoms with Crippen LogP contribution in [-0.4, -0.2) is 113 Å². The quantitative estimate of drug-likeness (QED) is 0.302. The van der Waals surface area contributed by atoms with Crippen molar-refractivity contribution in [3.8, 4) is 11.8 Å². The van der Waals surface area contributed by atoms with Crippen molar-refractivity contribution >= 4 is 52.6 Å². The first kappa shape index (κ1) is 37.9. The number of benzene rings is 2. The molecule has 4 aliphatic heterocycles. The highest BCUT2D eigenvalue weighted by Crippen LogP contribution is 2.53. The predicted octanol–water partition coefficient (Wildman–Crippen LogP) is 3.17. The summed E-state index contributed by atoms with van der Waals surface area (Å²) in [6.07, 6.45) is 6.34. The lowest BCUT2D eigenvalue weighted by atomic mass is 9.93. The molecule has 58 heavy (non-hydrogen) atoms. The van der Waals surface area contributed by atoms with Crippen LogP contribution in [0.15, 0.2) is 42.7 Å². The van der Waals surface area contributed by atoms with E-state index in [-0.39, 0.29) is 53.4 Å². The van der Waals surface area contributed by atoms with Gasteiger partial charge in [-0.15, -0.1) is 0 Å². The van der Waals surface area contributed by atoms with E-state index in [2.05, 4.69) is 30.4 Å². The Kier molecular flexibility index (Phi) is 9.97. The smallest absolute Gasteiger partial charge is 0.271 e. The molecule has 6 aliphatic rings. The Morgan fingerprint density at radius 1 is 0.931 bits per heavy atom. The van der Waals surface area contributed by atoms with Gasteiger partial charge in [-0.3, -0.25) is 39.1 Å². The van der Waals surface area contributed by atoms with E-state index in [1.807, 2.05) is 11.0 Å². The minimum absolute atomic E-state index is 0.00565. The Labute approximate surface area is 338 Å². The van der Waals surface area contributed by atoms with Gasteiger partial charge in [0.15, 0.2) is 0 Å². The SMILES string of the molecule is N#Cc1ccc(OC2CCC(NC(=O)c3cnc(N4CCN(CC5[C@H]6CN(c7cc8c(cc7F)C(=O)N(C7CCC(=O)NC7=O)C8=O)C[C@@H]56)CC4)cn3)CC2)cc1Cl. The van der Waals surface area contributed by atoms with Gasteiger partial charge in [-0.2, -0.15) is 5.26 Å². The molecule has 17 heteroatoms. The van der Waals surface area contributed by atoms with Crippen LogP contribution in [0.4, 0.5) is 15.9 Å². The first-order valence-corrected chi connectivity index (χ1v) is 20.2. The number of nitrogens with one attached hydrogen (secondary N) is 2. The van der Waals surface area contributed by atoms with Crippen molar-refractivity contribution in [1.29, 1.82) is 5.26 Å². The normalized spacial score (nSPS) is 26.9. The molecule has 15 nitrogen and oxygen atoms in total. The average Bonchev–Trinajstić information content (AvgIpc) is 3.52. The highest BCUT2D eigenvalue weighted by molar-refractivity contribution is 6.31. The van der Waals surface area contributed by atoms with E-state index < -0.39 is 35.5 Å². The van der Waals surface area contributed by atoms with Gasteiger partial charge in [-0.25, -0.2) is 14.4 Å². The molecule has 5 amide bonds. The second-order valence-corrected chi connectivity index (χ2v) is 16.5. The van der Waals surface area contributed by atoms with Gasteiger partial charge in [-0.05, 0) is 74.1 Å². The molecular weight excluding hydrogens is 769 g/mol. The van der Waals surface area contributed by atoms with E-state index in [0.29, 0.717) is 47.2 Å². The Balaban J connectivity index is 0.711. The zero-order valence-electron chi connectivity index (χ0n) is 31.5. The van der Waals surface area contributed by atoms with Gasteiger partial charge < -0.3 is 19.9 Å². The standard InChI is InChI=1S/C41H41ClFN9O6/c42-31-13-25(4-1-22(31)16-44)58-24-5-2-23(3-6-24)47-38(54)33-17-46-36(18-45-33)50-11-9-49(10-12-50)19-28-29-20-51(21-30(28)29)35-15-27-26(14-32(35)43)40(56)52(41(27)57)34-7-8-37(53)48-39(34)55/h1,4,13-15,17-18,23-24,28-30,34H,2-3,5-12,19-21H2,(H,47,54)(H,48,53,55)/t23?,24?,28?,29-,30+,34?. The molecule has 0 spiro atoms. The van der Waals surface area contributed by atoms with Crippen LogP contribution in [0, 0.1) is 34.9 Å². The molecule has 2 aromatic carbocycles. The molecule has 3 aromatic rings. The maximum Gasteiger partial charge on any atom is 0.271 e. The molecule has 5 heterocycles. The fraction of sp³-hybridized carbons (Fsp3) is 0.463. The molecule has 4 atom stereocenters. The summed E-state index contributed by atoms with van der Waals surface area (Å²) in [7, 11) is 0. The summed E-state index contributed by atoms with van der Waals surface area (Å²) in [5, 5.41) is 14.7. The number of rotatable bonds is 9. The van der Waals surface area contributed by atoms with E-state index in [0.717, 1.165) is 75.2 Å². The molecule has 3 saturated heterocycles. The lowest BCUT2D eigenvalue weighted by Crippen LogP contribution is -2.54. The number of piperidine rings is 2. The summed E-state index contributed by atoms with van der Waals surface area (Å²) in [6.45, 7) is 5.52. The van der Waals surface area contributed by atoms with Crippen molar-refractivity contribution in [2.75, 3.05) is 55.6 Å². The fourth-order valence-electron chi connectivity index (χ4n) is 9.33. The van der Waals surface area contributed by atoms with Crippen LogP contribution in [-0.2, 0) is 9.59 Å². The minimum Gasteiger partial charge on any atom is -0.490 e. The predicted molar refractivity (Wildman–Crippen MR) is 207 cm³/mol. The molecule has 300 valence electrons. The van der Waals surface area contributed by atoms with Crippen LogP contribution >= 0.6 is 11.6 Å². The van der Waals surface area contributed by atoms with Crippen molar-refractivity contribution in [3.63, 3.8) is 0 Å². The van der Waals surface area contributed by atoms with Crippen LogP contribution < -0.4 is 25.2 Å². The minimum atomic E-state index is -1.10. The molecule has 0 radical (unpaired) electrons. The van der Waals surface area contributed by atoms with E-state index in [4.69, 9.17) is 21.6 Å². The van der Waals surface area contributed by atoms with Gasteiger partial charge >= 0.3 is 0 Å². The van der Waals surface area contributed by atoms with Crippen molar-refractivity contribution < 1.29 is 33.1 Å². The molecule has 2 unspecified atom stereocenters. The Morgan fingerprint density at radius 2 is 1.66 bits per heavy atom. The summed E-state index contributed by atoms with van der Waals surface area (Å²) in [6, 6.07) is 8.56. The van der Waals surface area contributed by atoms with Crippen LogP contribution in [0.25, 0.3) is 0 Å². The topological polar surface area (TPSA) is 181 Å². The zero-order valence-corrected chi connectivity index (χ0v) is 32.3. The van der Waals surface area contributed by atoms with E-state index >= 15 is 4.39 Å². The second-order valence-electron chi connectivity index (χ2n) is 16.1. The number of nitriles is 1. The average molecular weight is 810 g/mol. The number of fused-ring (bicyclic) bond motifs is 2. The molecular formula is C41H41ClFN9O6. The van der Waals surface area contributed by atoms with Crippen LogP contribution in [0.3, 0.4) is 0 Å². The van der Waals surface area contributed by atoms with E-state index in [1.165, 1.54) is 12.3 Å². The monoisotopic (exact) mass is 809 g/mol. The third-order valence-electron chi connectivity index (χ3n) is 12.6. The Bertz CT molecular complexity index is 2230. The summed E-state index contributed by atoms with van der Waals surface area (Å²) in [5.41, 5.74) is 0.989. The third-order valence-corrected chi connectivity index (χ3v) is 12.9. The Hall–Kier alpha value is -5.66. The fourth-order valence-corrected chi connectivity index (χ4v) is 9.55. The molecule has 2 N–H and O–H groups in total. The number of carbonyl (C=O) groups excluding carboxylic acids is 5. The number of amides is 5. The van der Waals surface area contributed by atoms with Crippen LogP contribution in [0.1, 0.15) is 75.3 Å². The first-order chi connectivity index (χ1) is 28.0. The molecule has 0 bridgehead atoms. The van der Waals surface area contributed by atoms with Crippen molar-refractivity contribution in [2.45, 2.75) is 56.7 Å². The van der Waals surface area contributed by atoms with Gasteiger partial charge in [0.1, 0.15) is 35.2 Å². The number of piperazine rings is 1. The maximum atomic E-state index is 15.4. The lowest BCUT2D eigenvalue weighted by Gasteiger charge is -2.36. The Morgan fingerprint density at radius 3 is 2.31 bits per heavy atom. The lowest BCUT2D eigenvalue weighted by molar-refractivity contribution is -0.136. The number of aromatic nitrogens is 2. The number of nitrogens with zero attached hydrogens (tertiary/aromatic N) is 7. The van der Waals surface area contributed by atoms with Gasteiger partial charge in [0.05, 0.1) is 45.9 Å². The molecule has 2 saturated carbocycles. The number of anilines is 2. The summed E-state index contributed by atoms with van der Waals surface area (Å²) in [4.78, 5) is 79.9. The van der Waals surface area contributed by atoms with Gasteiger partial charge in [0.2, 0.25) is 11.8 Å². The van der Waals surface area contributed by atoms with Crippen LogP contribution in [0.2, 0.25) is 5.02 Å². The van der Waals surface area contributed by atoms with Crippen molar-refractivity contribution in [2.24, 2.45) is 17.8 Å². The largest absolute Gasteiger partial charge is 0.490 e. The molecule has 2 aliphatic carbocycles. The van der Waals surface area contributed by atoms with E-state index in [9.17, 15) is 24.0 Å². The van der Waals surface area contributed by atoms with Gasteiger partial charge in [0, 0.05) is 64.3 Å². The van der Waals surface area contributed by atoms with Crippen molar-refractivity contribution in [3.05, 3.63) is 75.9 Å². The number of carbonyl (C=O) groups is 5. The van der Waals surface area contributed by atoms with Gasteiger partial charge in [0.25, 0.3) is 17.7 Å². The molecule has 5 fully saturated rings. The van der Waals surface area contributed by atoms with E-state index in [1.54, 1.807) is 24.4 Å². The second kappa shape index (κ2) is 15.3.